The Morgan fingerprint density at radius 2 is 1.49 bits per heavy atom. The third-order valence-corrected chi connectivity index (χ3v) is 6.04. The molecule has 3 aromatic rings. The molecule has 1 aliphatic rings. The quantitative estimate of drug-likeness (QED) is 0.529. The van der Waals surface area contributed by atoms with Gasteiger partial charge < -0.3 is 15.2 Å². The molecule has 0 saturated carbocycles. The summed E-state index contributed by atoms with van der Waals surface area (Å²) in [4.78, 5) is 27.7. The number of hydrogen-bond acceptors (Lipinski definition) is 8. The van der Waals surface area contributed by atoms with Crippen LogP contribution in [0.2, 0.25) is 0 Å². The van der Waals surface area contributed by atoms with Gasteiger partial charge in [0.05, 0.1) is 49.0 Å². The van der Waals surface area contributed by atoms with Crippen molar-refractivity contribution in [2.75, 3.05) is 19.1 Å². The van der Waals surface area contributed by atoms with Crippen molar-refractivity contribution >= 4 is 17.6 Å². The lowest BCUT2D eigenvalue weighted by Gasteiger charge is -2.36. The molecule has 1 heterocycles. The van der Waals surface area contributed by atoms with Crippen LogP contribution in [-0.4, -0.2) is 26.2 Å². The van der Waals surface area contributed by atoms with Crippen LogP contribution in [0, 0.1) is 22.7 Å². The number of nitrogens with two attached hydrogens (primary N) is 1. The van der Waals surface area contributed by atoms with E-state index < -0.39 is 17.9 Å². The van der Waals surface area contributed by atoms with E-state index in [2.05, 4.69) is 12.1 Å². The number of rotatable bonds is 5. The van der Waals surface area contributed by atoms with Crippen LogP contribution >= 0.6 is 0 Å². The van der Waals surface area contributed by atoms with E-state index in [4.69, 9.17) is 15.2 Å². The topological polar surface area (TPSA) is 129 Å². The Kier molecular flexibility index (Phi) is 7.04. The predicted molar refractivity (Wildman–Crippen MR) is 136 cm³/mol. The van der Waals surface area contributed by atoms with Crippen LogP contribution < -0.4 is 10.6 Å². The highest BCUT2D eigenvalue weighted by Gasteiger charge is 2.43. The van der Waals surface area contributed by atoms with Gasteiger partial charge in [-0.3, -0.25) is 4.90 Å². The molecule has 37 heavy (non-hydrogen) atoms. The first kappa shape index (κ1) is 24.8. The van der Waals surface area contributed by atoms with E-state index in [0.717, 1.165) is 11.1 Å². The number of carbonyl (C=O) groups is 2. The number of ether oxygens (including phenoxy) is 2. The second-order valence-corrected chi connectivity index (χ2v) is 8.08. The SMILES string of the molecule is COC(=O)C1=C(C(=O)OC)N(c2cccc(-c3cccc(C#N)c3)c2)C(N)=C(C#N)C1c1ccccc1. The summed E-state index contributed by atoms with van der Waals surface area (Å²) < 4.78 is 10.1. The minimum atomic E-state index is -0.945. The molecule has 8 heteroatoms. The first-order valence-corrected chi connectivity index (χ1v) is 11.2. The minimum absolute atomic E-state index is 0.0210. The van der Waals surface area contributed by atoms with Crippen LogP contribution in [0.15, 0.2) is 102 Å². The standard InChI is InChI=1S/C29H22N4O4/c1-36-28(34)25-24(19-9-4-3-5-10-19)23(17-31)27(32)33(26(25)29(35)37-2)22-13-7-12-21(15-22)20-11-6-8-18(14-20)16-30/h3-15,24H,32H2,1-2H3. The minimum Gasteiger partial charge on any atom is -0.466 e. The smallest absolute Gasteiger partial charge is 0.355 e. The van der Waals surface area contributed by atoms with Crippen LogP contribution in [-0.2, 0) is 19.1 Å². The molecule has 2 N–H and O–H groups in total. The fourth-order valence-electron chi connectivity index (χ4n) is 4.37. The van der Waals surface area contributed by atoms with E-state index in [0.29, 0.717) is 16.8 Å². The maximum atomic E-state index is 13.2. The Balaban J connectivity index is 2.01. The normalized spacial score (nSPS) is 15.0. The fraction of sp³-hybridized carbons (Fsp3) is 0.103. The molecule has 0 bridgehead atoms. The molecule has 0 radical (unpaired) electrons. The molecule has 0 aliphatic carbocycles. The third-order valence-electron chi connectivity index (χ3n) is 6.04. The molecule has 8 nitrogen and oxygen atoms in total. The van der Waals surface area contributed by atoms with Crippen molar-refractivity contribution in [3.63, 3.8) is 0 Å². The summed E-state index contributed by atoms with van der Waals surface area (Å²) >= 11 is 0. The van der Waals surface area contributed by atoms with Gasteiger partial charge in [-0.2, -0.15) is 10.5 Å². The Morgan fingerprint density at radius 1 is 0.838 bits per heavy atom. The molecule has 0 aromatic heterocycles. The zero-order valence-electron chi connectivity index (χ0n) is 20.1. The van der Waals surface area contributed by atoms with Crippen molar-refractivity contribution in [1.82, 2.24) is 0 Å². The monoisotopic (exact) mass is 490 g/mol. The van der Waals surface area contributed by atoms with Crippen molar-refractivity contribution in [2.45, 2.75) is 5.92 Å². The molecule has 182 valence electrons. The largest absolute Gasteiger partial charge is 0.466 e. The van der Waals surface area contributed by atoms with Gasteiger partial charge >= 0.3 is 11.9 Å². The molecule has 1 unspecified atom stereocenters. The zero-order chi connectivity index (χ0) is 26.5. The number of methoxy groups -OCH3 is 2. The summed E-state index contributed by atoms with van der Waals surface area (Å²) in [5.41, 5.74) is 9.41. The maximum absolute atomic E-state index is 13.2. The number of allylic oxidation sites excluding steroid dienone is 1. The number of hydrogen-bond donors (Lipinski definition) is 1. The molecular formula is C29H22N4O4. The van der Waals surface area contributed by atoms with Gasteiger partial charge in [-0.1, -0.05) is 54.6 Å². The number of anilines is 1. The summed E-state index contributed by atoms with van der Waals surface area (Å²) in [6, 6.07) is 27.1. The Bertz CT molecular complexity index is 1530. The van der Waals surface area contributed by atoms with E-state index in [1.165, 1.54) is 19.1 Å². The van der Waals surface area contributed by atoms with Crippen LogP contribution in [0.5, 0.6) is 0 Å². The van der Waals surface area contributed by atoms with Crippen molar-refractivity contribution < 1.29 is 19.1 Å². The van der Waals surface area contributed by atoms with E-state index in [1.807, 2.05) is 12.1 Å². The highest BCUT2D eigenvalue weighted by atomic mass is 16.5. The molecule has 4 rings (SSSR count). The molecule has 0 saturated heterocycles. The lowest BCUT2D eigenvalue weighted by atomic mass is 9.81. The Labute approximate surface area is 214 Å². The second-order valence-electron chi connectivity index (χ2n) is 8.08. The van der Waals surface area contributed by atoms with Crippen LogP contribution in [0.3, 0.4) is 0 Å². The van der Waals surface area contributed by atoms with Gasteiger partial charge in [0.2, 0.25) is 0 Å². The van der Waals surface area contributed by atoms with Crippen LogP contribution in [0.4, 0.5) is 5.69 Å². The lowest BCUT2D eigenvalue weighted by Crippen LogP contribution is -2.40. The third kappa shape index (κ3) is 4.52. The zero-order valence-corrected chi connectivity index (χ0v) is 20.1. The van der Waals surface area contributed by atoms with Crippen LogP contribution in [0.1, 0.15) is 17.0 Å². The summed E-state index contributed by atoms with van der Waals surface area (Å²) in [7, 11) is 2.40. The maximum Gasteiger partial charge on any atom is 0.355 e. The van der Waals surface area contributed by atoms with Gasteiger partial charge in [-0.15, -0.1) is 0 Å². The molecule has 0 spiro atoms. The van der Waals surface area contributed by atoms with E-state index in [-0.39, 0.29) is 22.7 Å². The van der Waals surface area contributed by atoms with Crippen LogP contribution in [0.25, 0.3) is 11.1 Å². The molecule has 1 aliphatic heterocycles. The average Bonchev–Trinajstić information content (AvgIpc) is 2.96. The number of benzene rings is 3. The van der Waals surface area contributed by atoms with Gasteiger partial charge in [-0.05, 0) is 41.0 Å². The second kappa shape index (κ2) is 10.5. The van der Waals surface area contributed by atoms with Gasteiger partial charge in [0.1, 0.15) is 11.5 Å². The highest BCUT2D eigenvalue weighted by Crippen LogP contribution is 2.43. The lowest BCUT2D eigenvalue weighted by molar-refractivity contribution is -0.139. The molecule has 3 aromatic carbocycles. The Morgan fingerprint density at radius 3 is 2.11 bits per heavy atom. The van der Waals surface area contributed by atoms with Gasteiger partial charge in [-0.25, -0.2) is 9.59 Å². The van der Waals surface area contributed by atoms with Gasteiger partial charge in [0.15, 0.2) is 0 Å². The van der Waals surface area contributed by atoms with E-state index in [9.17, 15) is 20.1 Å². The highest BCUT2D eigenvalue weighted by molar-refractivity contribution is 6.06. The van der Waals surface area contributed by atoms with Crippen molar-refractivity contribution in [3.8, 4) is 23.3 Å². The molecule has 1 atom stereocenters. The molecule has 0 fully saturated rings. The fourth-order valence-corrected chi connectivity index (χ4v) is 4.37. The van der Waals surface area contributed by atoms with Gasteiger partial charge in [0.25, 0.3) is 0 Å². The summed E-state index contributed by atoms with van der Waals surface area (Å²) in [5, 5.41) is 19.5. The number of carbonyl (C=O) groups excluding carboxylic acids is 2. The van der Waals surface area contributed by atoms with E-state index >= 15 is 0 Å². The van der Waals surface area contributed by atoms with E-state index in [1.54, 1.807) is 66.7 Å². The average molecular weight is 491 g/mol. The molecular weight excluding hydrogens is 468 g/mol. The van der Waals surface area contributed by atoms with Gasteiger partial charge in [0, 0.05) is 5.69 Å². The number of esters is 2. The summed E-state index contributed by atoms with van der Waals surface area (Å²) in [6.45, 7) is 0. The number of nitriles is 2. The van der Waals surface area contributed by atoms with Crippen molar-refractivity contribution in [1.29, 1.82) is 10.5 Å². The molecule has 0 amide bonds. The first-order chi connectivity index (χ1) is 17.9. The van der Waals surface area contributed by atoms with Crippen molar-refractivity contribution in [2.24, 2.45) is 5.73 Å². The Hall–Kier alpha value is -5.34. The predicted octanol–water partition coefficient (Wildman–Crippen LogP) is 4.12. The summed E-state index contributed by atoms with van der Waals surface area (Å²) in [5.74, 6) is -2.58. The van der Waals surface area contributed by atoms with Crippen molar-refractivity contribution in [3.05, 3.63) is 113 Å². The number of nitrogens with zero attached hydrogens (tertiary/aromatic N) is 3. The first-order valence-electron chi connectivity index (χ1n) is 11.2. The summed E-state index contributed by atoms with van der Waals surface area (Å²) in [6.07, 6.45) is 0.